The molecule has 2 amide bonds. The highest BCUT2D eigenvalue weighted by molar-refractivity contribution is 5.79. The number of hydrogen-bond acceptors (Lipinski definition) is 3. The van der Waals surface area contributed by atoms with Gasteiger partial charge in [-0.15, -0.1) is 0 Å². The largest absolute Gasteiger partial charge is 0.340 e. The average Bonchev–Trinajstić information content (AvgIpc) is 2.69. The topological polar surface area (TPSA) is 43.9 Å². The summed E-state index contributed by atoms with van der Waals surface area (Å²) in [6.45, 7) is 14.9. The number of carbonyl (C=O) groups is 2. The Hall–Kier alpha value is -1.36. The first-order valence-corrected chi connectivity index (χ1v) is 12.3. The summed E-state index contributed by atoms with van der Waals surface area (Å²) in [4.78, 5) is 32.0. The van der Waals surface area contributed by atoms with Crippen LogP contribution in [-0.2, 0) is 9.59 Å². The predicted molar refractivity (Wildman–Crippen MR) is 120 cm³/mol. The molecular formula is C25H41N3O2. The maximum Gasteiger partial charge on any atom is 0.225 e. The average molecular weight is 416 g/mol. The second-order valence-electron chi connectivity index (χ2n) is 11.0. The molecule has 2 saturated carbocycles. The van der Waals surface area contributed by atoms with Crippen molar-refractivity contribution in [3.8, 4) is 0 Å². The summed E-state index contributed by atoms with van der Waals surface area (Å²) in [5.41, 5.74) is 1.90. The van der Waals surface area contributed by atoms with Crippen LogP contribution in [-0.4, -0.2) is 72.3 Å². The van der Waals surface area contributed by atoms with Crippen LogP contribution < -0.4 is 0 Å². The number of amides is 2. The van der Waals surface area contributed by atoms with Crippen LogP contribution in [0.25, 0.3) is 0 Å². The second kappa shape index (κ2) is 8.64. The minimum atomic E-state index is 0.0354. The van der Waals surface area contributed by atoms with E-state index in [2.05, 4.69) is 34.6 Å². The fraction of sp³-hybridized carbons (Fsp3) is 0.840. The van der Waals surface area contributed by atoms with E-state index >= 15 is 0 Å². The van der Waals surface area contributed by atoms with Crippen molar-refractivity contribution in [2.45, 2.75) is 59.8 Å². The zero-order valence-corrected chi connectivity index (χ0v) is 19.5. The molecule has 0 aromatic heterocycles. The second-order valence-corrected chi connectivity index (χ2v) is 11.0. The maximum absolute atomic E-state index is 13.0. The van der Waals surface area contributed by atoms with Crippen molar-refractivity contribution in [3.05, 3.63) is 11.6 Å². The van der Waals surface area contributed by atoms with Gasteiger partial charge in [0.15, 0.2) is 0 Å². The molecular weight excluding hydrogens is 374 g/mol. The van der Waals surface area contributed by atoms with E-state index in [-0.39, 0.29) is 11.8 Å². The molecule has 3 fully saturated rings. The Balaban J connectivity index is 1.29. The van der Waals surface area contributed by atoms with Crippen molar-refractivity contribution in [1.82, 2.24) is 14.7 Å². The molecule has 4 aliphatic carbocycles. The summed E-state index contributed by atoms with van der Waals surface area (Å²) in [5, 5.41) is 0. The van der Waals surface area contributed by atoms with E-state index in [1.165, 1.54) is 24.8 Å². The molecule has 1 saturated heterocycles. The van der Waals surface area contributed by atoms with E-state index in [9.17, 15) is 9.59 Å². The molecule has 0 radical (unpaired) electrons. The highest BCUT2D eigenvalue weighted by Gasteiger charge is 2.51. The van der Waals surface area contributed by atoms with Crippen molar-refractivity contribution >= 4 is 11.8 Å². The Morgan fingerprint density at radius 3 is 2.40 bits per heavy atom. The Bertz CT molecular complexity index is 687. The molecule has 0 aromatic rings. The summed E-state index contributed by atoms with van der Waals surface area (Å²) in [6, 6.07) is 0. The number of allylic oxidation sites excluding steroid dienone is 1. The van der Waals surface area contributed by atoms with Crippen LogP contribution in [0.3, 0.4) is 0 Å². The van der Waals surface area contributed by atoms with Gasteiger partial charge >= 0.3 is 0 Å². The molecule has 5 rings (SSSR count). The van der Waals surface area contributed by atoms with Gasteiger partial charge in [-0.3, -0.25) is 14.5 Å². The molecule has 1 heterocycles. The van der Waals surface area contributed by atoms with E-state index in [0.29, 0.717) is 23.2 Å². The van der Waals surface area contributed by atoms with E-state index in [1.54, 1.807) is 0 Å². The number of rotatable bonds is 7. The maximum atomic E-state index is 13.0. The highest BCUT2D eigenvalue weighted by Crippen LogP contribution is 2.59. The van der Waals surface area contributed by atoms with Gasteiger partial charge in [-0.1, -0.05) is 45.8 Å². The molecule has 168 valence electrons. The van der Waals surface area contributed by atoms with Crippen LogP contribution in [0.2, 0.25) is 0 Å². The van der Waals surface area contributed by atoms with Gasteiger partial charge in [-0.25, -0.2) is 0 Å². The predicted octanol–water partition coefficient (Wildman–Crippen LogP) is 3.41. The van der Waals surface area contributed by atoms with Crippen molar-refractivity contribution in [3.63, 3.8) is 0 Å². The zero-order chi connectivity index (χ0) is 21.5. The van der Waals surface area contributed by atoms with Crippen LogP contribution in [0.4, 0.5) is 0 Å². The summed E-state index contributed by atoms with van der Waals surface area (Å²) < 4.78 is 0. The first-order chi connectivity index (χ1) is 14.3. The van der Waals surface area contributed by atoms with Crippen molar-refractivity contribution in [2.75, 3.05) is 45.8 Å². The quantitative estimate of drug-likeness (QED) is 0.599. The van der Waals surface area contributed by atoms with Gasteiger partial charge in [0.25, 0.3) is 0 Å². The number of fused-ring (bicyclic) bond motifs is 1. The van der Waals surface area contributed by atoms with Crippen LogP contribution in [0.15, 0.2) is 11.6 Å². The Morgan fingerprint density at radius 2 is 1.87 bits per heavy atom. The van der Waals surface area contributed by atoms with Crippen LogP contribution in [0.1, 0.15) is 59.8 Å². The Labute approximate surface area is 182 Å². The zero-order valence-electron chi connectivity index (χ0n) is 19.5. The van der Waals surface area contributed by atoms with Gasteiger partial charge in [0.1, 0.15) is 0 Å². The molecule has 30 heavy (non-hydrogen) atoms. The van der Waals surface area contributed by atoms with Gasteiger partial charge in [-0.2, -0.15) is 0 Å². The molecule has 1 aliphatic heterocycles. The lowest BCUT2D eigenvalue weighted by Crippen LogP contribution is -2.53. The van der Waals surface area contributed by atoms with Crippen molar-refractivity contribution in [1.29, 1.82) is 0 Å². The number of carbonyl (C=O) groups excluding carboxylic acids is 2. The normalized spacial score (nSPS) is 28.6. The van der Waals surface area contributed by atoms with Crippen molar-refractivity contribution in [2.24, 2.45) is 29.1 Å². The molecule has 5 nitrogen and oxygen atoms in total. The summed E-state index contributed by atoms with van der Waals surface area (Å²) in [6.07, 6.45) is 8.29. The Morgan fingerprint density at radius 1 is 1.17 bits per heavy atom. The Kier molecular flexibility index (Phi) is 6.30. The third-order valence-corrected chi connectivity index (χ3v) is 8.59. The van der Waals surface area contributed by atoms with Gasteiger partial charge in [-0.05, 0) is 42.9 Å². The van der Waals surface area contributed by atoms with Gasteiger partial charge in [0.2, 0.25) is 11.8 Å². The van der Waals surface area contributed by atoms with Crippen LogP contribution in [0.5, 0.6) is 0 Å². The fourth-order valence-corrected chi connectivity index (χ4v) is 5.88. The molecule has 0 aromatic carbocycles. The number of piperazine rings is 1. The van der Waals surface area contributed by atoms with Gasteiger partial charge in [0, 0.05) is 57.6 Å². The first-order valence-electron chi connectivity index (χ1n) is 12.3. The SMILES string of the molecule is CC(C)C(=O)N(CCN1CCN(C(=O)C2CCC2)CC1)CC1=CCC2CC1C2(C)C. The standard InChI is InChI=1S/C25H41N3O2/c1-18(2)23(29)28(17-20-8-9-21-16-22(20)25(21,3)4)15-12-26-10-13-27(14-11-26)24(30)19-6-5-7-19/h8,18-19,21-22H,5-7,9-17H2,1-4H3. The summed E-state index contributed by atoms with van der Waals surface area (Å²) in [5.74, 6) is 2.47. The molecule has 0 N–H and O–H groups in total. The molecule has 5 aliphatic rings. The minimum Gasteiger partial charge on any atom is -0.340 e. The van der Waals surface area contributed by atoms with E-state index < -0.39 is 0 Å². The summed E-state index contributed by atoms with van der Waals surface area (Å²) in [7, 11) is 0. The van der Waals surface area contributed by atoms with Gasteiger partial charge < -0.3 is 9.80 Å². The lowest BCUT2D eigenvalue weighted by atomic mass is 9.49. The van der Waals surface area contributed by atoms with Crippen LogP contribution in [0, 0.1) is 29.1 Å². The third kappa shape index (κ3) is 4.19. The molecule has 2 atom stereocenters. The van der Waals surface area contributed by atoms with Gasteiger partial charge in [0.05, 0.1) is 0 Å². The smallest absolute Gasteiger partial charge is 0.225 e. The highest BCUT2D eigenvalue weighted by atomic mass is 16.2. The first kappa shape index (κ1) is 21.9. The van der Waals surface area contributed by atoms with Crippen LogP contribution >= 0.6 is 0 Å². The van der Waals surface area contributed by atoms with Crippen molar-refractivity contribution < 1.29 is 9.59 Å². The molecule has 2 unspecified atom stereocenters. The van der Waals surface area contributed by atoms with E-state index in [0.717, 1.165) is 64.6 Å². The fourth-order valence-electron chi connectivity index (χ4n) is 5.88. The lowest BCUT2D eigenvalue weighted by Gasteiger charge is -2.57. The third-order valence-electron chi connectivity index (χ3n) is 8.59. The molecule has 5 heteroatoms. The molecule has 2 bridgehead atoms. The summed E-state index contributed by atoms with van der Waals surface area (Å²) >= 11 is 0. The van der Waals surface area contributed by atoms with E-state index in [4.69, 9.17) is 0 Å². The monoisotopic (exact) mass is 415 g/mol. The molecule has 0 spiro atoms. The van der Waals surface area contributed by atoms with E-state index in [1.807, 2.05) is 13.8 Å². The number of hydrogen-bond donors (Lipinski definition) is 0. The minimum absolute atomic E-state index is 0.0354. The lowest BCUT2D eigenvalue weighted by molar-refractivity contribution is -0.140. The number of nitrogens with zero attached hydrogens (tertiary/aromatic N) is 3.